The number of anilines is 2. The number of hydrogen-bond donors (Lipinski definition) is 2. The summed E-state index contributed by atoms with van der Waals surface area (Å²) in [4.78, 5) is 10.9. The van der Waals surface area contributed by atoms with Crippen LogP contribution in [0.15, 0.2) is 48.5 Å². The van der Waals surface area contributed by atoms with Gasteiger partial charge < -0.3 is 15.8 Å². The normalized spacial score (nSPS) is 9.83. The predicted molar refractivity (Wildman–Crippen MR) is 71.7 cm³/mol. The van der Waals surface area contributed by atoms with E-state index in [2.05, 4.69) is 5.32 Å². The average molecular weight is 242 g/mol. The maximum atomic E-state index is 10.9. The predicted octanol–water partition coefficient (Wildman–Crippen LogP) is 3.02. The number of nitrogens with two attached hydrogens (primary N) is 1. The van der Waals surface area contributed by atoms with E-state index < -0.39 is 0 Å². The lowest BCUT2D eigenvalue weighted by atomic mass is 10.3. The average Bonchev–Trinajstić information content (AvgIpc) is 2.31. The molecule has 92 valence electrons. The van der Waals surface area contributed by atoms with Crippen molar-refractivity contribution in [3.63, 3.8) is 0 Å². The van der Waals surface area contributed by atoms with Gasteiger partial charge in [0.1, 0.15) is 11.5 Å². The van der Waals surface area contributed by atoms with Crippen LogP contribution in [0.3, 0.4) is 0 Å². The summed E-state index contributed by atoms with van der Waals surface area (Å²) in [5, 5.41) is 2.69. The van der Waals surface area contributed by atoms with E-state index in [1.165, 1.54) is 6.92 Å². The quantitative estimate of drug-likeness (QED) is 0.813. The fraction of sp³-hybridized carbons (Fsp3) is 0.0714. The van der Waals surface area contributed by atoms with E-state index in [0.717, 1.165) is 5.69 Å². The lowest BCUT2D eigenvalue weighted by Gasteiger charge is -2.07. The van der Waals surface area contributed by atoms with Crippen LogP contribution in [0.25, 0.3) is 0 Å². The molecule has 0 spiro atoms. The number of nitrogens with one attached hydrogen (secondary N) is 1. The second-order valence-corrected chi connectivity index (χ2v) is 3.88. The largest absolute Gasteiger partial charge is 0.457 e. The highest BCUT2D eigenvalue weighted by atomic mass is 16.5. The van der Waals surface area contributed by atoms with Gasteiger partial charge in [0.25, 0.3) is 0 Å². The topological polar surface area (TPSA) is 64.3 Å². The Balaban J connectivity index is 2.08. The summed E-state index contributed by atoms with van der Waals surface area (Å²) in [5.74, 6) is 1.27. The van der Waals surface area contributed by atoms with Gasteiger partial charge in [0.15, 0.2) is 0 Å². The van der Waals surface area contributed by atoms with Crippen LogP contribution in [0, 0.1) is 0 Å². The summed E-state index contributed by atoms with van der Waals surface area (Å²) in [6, 6.07) is 14.3. The van der Waals surface area contributed by atoms with E-state index in [1.54, 1.807) is 36.4 Å². The molecular weight excluding hydrogens is 228 g/mol. The number of hydrogen-bond acceptors (Lipinski definition) is 3. The molecule has 0 aliphatic rings. The molecule has 1 amide bonds. The first kappa shape index (κ1) is 12.0. The van der Waals surface area contributed by atoms with Crippen molar-refractivity contribution < 1.29 is 9.53 Å². The van der Waals surface area contributed by atoms with Crippen LogP contribution < -0.4 is 15.8 Å². The van der Waals surface area contributed by atoms with Crippen molar-refractivity contribution >= 4 is 17.3 Å². The molecule has 0 aromatic heterocycles. The van der Waals surface area contributed by atoms with Gasteiger partial charge in [0, 0.05) is 24.4 Å². The third kappa shape index (κ3) is 3.25. The Morgan fingerprint density at radius 2 is 1.83 bits per heavy atom. The molecule has 0 aliphatic carbocycles. The van der Waals surface area contributed by atoms with Crippen molar-refractivity contribution in [1.29, 1.82) is 0 Å². The number of carbonyl (C=O) groups is 1. The highest BCUT2D eigenvalue weighted by Gasteiger charge is 1.99. The molecule has 0 saturated carbocycles. The van der Waals surface area contributed by atoms with Gasteiger partial charge in [-0.15, -0.1) is 0 Å². The van der Waals surface area contributed by atoms with Gasteiger partial charge >= 0.3 is 0 Å². The molecule has 18 heavy (non-hydrogen) atoms. The van der Waals surface area contributed by atoms with Crippen molar-refractivity contribution in [2.24, 2.45) is 0 Å². The highest BCUT2D eigenvalue weighted by Crippen LogP contribution is 2.24. The van der Waals surface area contributed by atoms with Crippen LogP contribution in [0.4, 0.5) is 11.4 Å². The summed E-state index contributed by atoms with van der Waals surface area (Å²) in [5.41, 5.74) is 7.06. The zero-order valence-electron chi connectivity index (χ0n) is 10.0. The van der Waals surface area contributed by atoms with E-state index in [-0.39, 0.29) is 5.91 Å². The summed E-state index contributed by atoms with van der Waals surface area (Å²) in [6.45, 7) is 1.47. The van der Waals surface area contributed by atoms with Gasteiger partial charge in [-0.2, -0.15) is 0 Å². The Kier molecular flexibility index (Phi) is 3.48. The molecule has 0 bridgehead atoms. The first-order chi connectivity index (χ1) is 8.63. The second kappa shape index (κ2) is 5.23. The third-order valence-electron chi connectivity index (χ3n) is 2.27. The monoisotopic (exact) mass is 242 g/mol. The van der Waals surface area contributed by atoms with Crippen LogP contribution in [0.5, 0.6) is 11.5 Å². The van der Waals surface area contributed by atoms with E-state index in [4.69, 9.17) is 10.5 Å². The molecule has 0 atom stereocenters. The lowest BCUT2D eigenvalue weighted by Crippen LogP contribution is -2.05. The van der Waals surface area contributed by atoms with Crippen molar-refractivity contribution in [2.75, 3.05) is 11.1 Å². The van der Waals surface area contributed by atoms with Gasteiger partial charge in [-0.3, -0.25) is 4.79 Å². The molecule has 3 N–H and O–H groups in total. The molecule has 0 saturated heterocycles. The van der Waals surface area contributed by atoms with Crippen LogP contribution in [-0.4, -0.2) is 5.91 Å². The standard InChI is InChI=1S/C14H14N2O2/c1-10(17)16-12-5-7-13(8-6-12)18-14-4-2-3-11(15)9-14/h2-9H,15H2,1H3,(H,16,17). The van der Waals surface area contributed by atoms with Gasteiger partial charge in [-0.25, -0.2) is 0 Å². The summed E-state index contributed by atoms with van der Waals surface area (Å²) in [6.07, 6.45) is 0. The number of amides is 1. The molecule has 2 aromatic rings. The molecule has 0 fully saturated rings. The summed E-state index contributed by atoms with van der Waals surface area (Å²) >= 11 is 0. The molecule has 4 nitrogen and oxygen atoms in total. The Morgan fingerprint density at radius 1 is 1.11 bits per heavy atom. The summed E-state index contributed by atoms with van der Waals surface area (Å²) < 4.78 is 5.63. The number of nitrogen functional groups attached to an aromatic ring is 1. The molecule has 2 aromatic carbocycles. The number of ether oxygens (including phenoxy) is 1. The Hall–Kier alpha value is -2.49. The van der Waals surface area contributed by atoms with E-state index >= 15 is 0 Å². The first-order valence-corrected chi connectivity index (χ1v) is 5.54. The Morgan fingerprint density at radius 3 is 2.44 bits per heavy atom. The van der Waals surface area contributed by atoms with Crippen molar-refractivity contribution in [2.45, 2.75) is 6.92 Å². The van der Waals surface area contributed by atoms with E-state index in [0.29, 0.717) is 17.2 Å². The van der Waals surface area contributed by atoms with Gasteiger partial charge in [-0.05, 0) is 36.4 Å². The first-order valence-electron chi connectivity index (χ1n) is 5.54. The molecular formula is C14H14N2O2. The van der Waals surface area contributed by atoms with Gasteiger partial charge in [0.05, 0.1) is 0 Å². The minimum Gasteiger partial charge on any atom is -0.457 e. The molecule has 0 heterocycles. The molecule has 0 radical (unpaired) electrons. The van der Waals surface area contributed by atoms with Gasteiger partial charge in [-0.1, -0.05) is 6.07 Å². The van der Waals surface area contributed by atoms with Crippen molar-refractivity contribution in [3.8, 4) is 11.5 Å². The number of benzene rings is 2. The molecule has 0 unspecified atom stereocenters. The van der Waals surface area contributed by atoms with Crippen molar-refractivity contribution in [3.05, 3.63) is 48.5 Å². The van der Waals surface area contributed by atoms with Crippen LogP contribution in [0.2, 0.25) is 0 Å². The second-order valence-electron chi connectivity index (χ2n) is 3.88. The smallest absolute Gasteiger partial charge is 0.221 e. The summed E-state index contributed by atoms with van der Waals surface area (Å²) in [7, 11) is 0. The Bertz CT molecular complexity index is 550. The van der Waals surface area contributed by atoms with Crippen molar-refractivity contribution in [1.82, 2.24) is 0 Å². The van der Waals surface area contributed by atoms with Crippen LogP contribution >= 0.6 is 0 Å². The molecule has 4 heteroatoms. The molecule has 2 rings (SSSR count). The fourth-order valence-corrected chi connectivity index (χ4v) is 1.52. The molecule has 0 aliphatic heterocycles. The Labute approximate surface area is 105 Å². The maximum Gasteiger partial charge on any atom is 0.221 e. The van der Waals surface area contributed by atoms with Gasteiger partial charge in [0.2, 0.25) is 5.91 Å². The third-order valence-corrected chi connectivity index (χ3v) is 2.27. The zero-order chi connectivity index (χ0) is 13.0. The number of rotatable bonds is 3. The zero-order valence-corrected chi connectivity index (χ0v) is 10.0. The minimum atomic E-state index is -0.0977. The fourth-order valence-electron chi connectivity index (χ4n) is 1.52. The minimum absolute atomic E-state index is 0.0977. The lowest BCUT2D eigenvalue weighted by molar-refractivity contribution is -0.114. The SMILES string of the molecule is CC(=O)Nc1ccc(Oc2cccc(N)c2)cc1. The number of carbonyl (C=O) groups excluding carboxylic acids is 1. The van der Waals surface area contributed by atoms with E-state index in [1.807, 2.05) is 12.1 Å². The van der Waals surface area contributed by atoms with E-state index in [9.17, 15) is 4.79 Å². The van der Waals surface area contributed by atoms with Crippen LogP contribution in [-0.2, 0) is 4.79 Å². The highest BCUT2D eigenvalue weighted by molar-refractivity contribution is 5.88. The van der Waals surface area contributed by atoms with Crippen LogP contribution in [0.1, 0.15) is 6.92 Å². The maximum absolute atomic E-state index is 10.9.